The number of fused-ring (bicyclic) bond motifs is 3. The zero-order valence-corrected chi connectivity index (χ0v) is 14.9. The van der Waals surface area contributed by atoms with Crippen LogP contribution in [-0.2, 0) is 34.5 Å². The highest BCUT2D eigenvalue weighted by molar-refractivity contribution is 7.91. The Balaban J connectivity index is 1.47. The minimum absolute atomic E-state index is 0.0745. The van der Waals surface area contributed by atoms with Gasteiger partial charge in [-0.25, -0.2) is 13.4 Å². The molecule has 1 aliphatic heterocycles. The third-order valence-electron chi connectivity index (χ3n) is 4.65. The van der Waals surface area contributed by atoms with E-state index in [9.17, 15) is 13.2 Å². The molecule has 2 aromatic heterocycles. The summed E-state index contributed by atoms with van der Waals surface area (Å²) in [5.41, 5.74) is 3.12. The Labute approximate surface area is 144 Å². The van der Waals surface area contributed by atoms with Crippen molar-refractivity contribution in [3.8, 4) is 11.3 Å². The van der Waals surface area contributed by atoms with Crippen molar-refractivity contribution in [2.24, 2.45) is 13.0 Å². The molecule has 1 saturated heterocycles. The van der Waals surface area contributed by atoms with E-state index in [1.54, 1.807) is 0 Å². The fraction of sp³-hybridized carbons (Fsp3) is 0.533. The first-order chi connectivity index (χ1) is 11.4. The molecule has 0 bridgehead atoms. The lowest BCUT2D eigenvalue weighted by Crippen LogP contribution is -2.17. The van der Waals surface area contributed by atoms with Gasteiger partial charge in [-0.1, -0.05) is 0 Å². The van der Waals surface area contributed by atoms with Crippen LogP contribution in [0.1, 0.15) is 23.4 Å². The number of nitrogens with one attached hydrogen (secondary N) is 1. The van der Waals surface area contributed by atoms with E-state index < -0.39 is 9.84 Å². The van der Waals surface area contributed by atoms with Gasteiger partial charge in [0.2, 0.25) is 5.91 Å². The molecule has 0 saturated carbocycles. The van der Waals surface area contributed by atoms with E-state index in [-0.39, 0.29) is 29.8 Å². The van der Waals surface area contributed by atoms with E-state index in [0.717, 1.165) is 29.0 Å². The first-order valence-corrected chi connectivity index (χ1v) is 10.6. The van der Waals surface area contributed by atoms with Crippen molar-refractivity contribution < 1.29 is 13.2 Å². The molecular weight excluding hydrogens is 348 g/mol. The topological polar surface area (TPSA) is 94.0 Å². The van der Waals surface area contributed by atoms with E-state index in [4.69, 9.17) is 0 Å². The Hall–Kier alpha value is -1.74. The second-order valence-corrected chi connectivity index (χ2v) is 9.75. The van der Waals surface area contributed by atoms with E-state index in [2.05, 4.69) is 15.4 Å². The average molecular weight is 366 g/mol. The van der Waals surface area contributed by atoms with Crippen LogP contribution in [-0.4, -0.2) is 40.6 Å². The predicted octanol–water partition coefficient (Wildman–Crippen LogP) is 1.41. The summed E-state index contributed by atoms with van der Waals surface area (Å²) in [6.45, 7) is 0. The lowest BCUT2D eigenvalue weighted by atomic mass is 10.0. The maximum Gasteiger partial charge on any atom is 0.226 e. The molecule has 1 N–H and O–H groups in total. The Morgan fingerprint density at radius 3 is 3.04 bits per heavy atom. The number of amides is 1. The minimum atomic E-state index is -2.95. The van der Waals surface area contributed by atoms with Gasteiger partial charge >= 0.3 is 0 Å². The number of carbonyl (C=O) groups excluding carboxylic acids is 1. The zero-order chi connectivity index (χ0) is 16.9. The number of sulfone groups is 1. The Bertz CT molecular complexity index is 913. The molecule has 1 aliphatic carbocycles. The summed E-state index contributed by atoms with van der Waals surface area (Å²) in [7, 11) is -1.02. The Kier molecular flexibility index (Phi) is 3.72. The number of nitrogens with zero attached hydrogens (tertiary/aromatic N) is 3. The highest BCUT2D eigenvalue weighted by atomic mass is 32.2. The van der Waals surface area contributed by atoms with E-state index >= 15 is 0 Å². The van der Waals surface area contributed by atoms with Crippen molar-refractivity contribution in [2.75, 3.05) is 16.8 Å². The molecule has 1 atom stereocenters. The van der Waals surface area contributed by atoms with Crippen LogP contribution in [0, 0.1) is 5.92 Å². The maximum atomic E-state index is 12.2. The molecule has 24 heavy (non-hydrogen) atoms. The molecule has 0 radical (unpaired) electrons. The van der Waals surface area contributed by atoms with Crippen LogP contribution in [0.5, 0.6) is 0 Å². The molecule has 1 unspecified atom stereocenters. The average Bonchev–Trinajstić information content (AvgIpc) is 3.16. The summed E-state index contributed by atoms with van der Waals surface area (Å²) in [4.78, 5) is 17.9. The smallest absolute Gasteiger partial charge is 0.226 e. The van der Waals surface area contributed by atoms with Crippen LogP contribution in [0.15, 0.2) is 6.20 Å². The van der Waals surface area contributed by atoms with Gasteiger partial charge in [0.25, 0.3) is 0 Å². The third-order valence-corrected chi connectivity index (χ3v) is 7.52. The lowest BCUT2D eigenvalue weighted by molar-refractivity contribution is -0.116. The number of hydrogen-bond donors (Lipinski definition) is 1. The molecule has 4 rings (SSSR count). The van der Waals surface area contributed by atoms with Gasteiger partial charge in [0.15, 0.2) is 15.0 Å². The minimum Gasteiger partial charge on any atom is -0.302 e. The van der Waals surface area contributed by atoms with Crippen LogP contribution in [0.4, 0.5) is 5.13 Å². The molecule has 128 valence electrons. The van der Waals surface area contributed by atoms with Crippen LogP contribution in [0.25, 0.3) is 11.3 Å². The largest absolute Gasteiger partial charge is 0.302 e. The van der Waals surface area contributed by atoms with Crippen LogP contribution >= 0.6 is 11.3 Å². The highest BCUT2D eigenvalue weighted by Gasteiger charge is 2.30. The standard InChI is InChI=1S/C15H18N4O3S2/c1-19-11-2-3-12-14(10(11)7-16-19)18-15(23-12)17-13(20)6-9-4-5-24(21,22)8-9/h7,9H,2-6,8H2,1H3,(H,17,18,20). The zero-order valence-electron chi connectivity index (χ0n) is 13.3. The Morgan fingerprint density at radius 1 is 1.46 bits per heavy atom. The number of thiazole rings is 1. The summed E-state index contributed by atoms with van der Waals surface area (Å²) >= 11 is 1.50. The molecule has 7 nitrogen and oxygen atoms in total. The number of carbonyl (C=O) groups is 1. The second kappa shape index (κ2) is 5.66. The molecular formula is C15H18N4O3S2. The monoisotopic (exact) mass is 366 g/mol. The van der Waals surface area contributed by atoms with Gasteiger partial charge in [-0.3, -0.25) is 9.48 Å². The van der Waals surface area contributed by atoms with Gasteiger partial charge in [-0.05, 0) is 25.2 Å². The lowest BCUT2D eigenvalue weighted by Gasteiger charge is -2.10. The van der Waals surface area contributed by atoms with Crippen molar-refractivity contribution in [1.29, 1.82) is 0 Å². The van der Waals surface area contributed by atoms with Crippen molar-refractivity contribution >= 4 is 32.2 Å². The molecule has 3 heterocycles. The summed E-state index contributed by atoms with van der Waals surface area (Å²) in [5, 5.41) is 7.71. The number of anilines is 1. The quantitative estimate of drug-likeness (QED) is 0.886. The third kappa shape index (κ3) is 2.86. The van der Waals surface area contributed by atoms with Crippen LogP contribution < -0.4 is 5.32 Å². The van der Waals surface area contributed by atoms with Crippen molar-refractivity contribution in [2.45, 2.75) is 25.7 Å². The fourth-order valence-corrected chi connectivity index (χ4v) is 6.29. The Morgan fingerprint density at radius 2 is 2.29 bits per heavy atom. The maximum absolute atomic E-state index is 12.2. The van der Waals surface area contributed by atoms with Crippen molar-refractivity contribution in [3.05, 3.63) is 16.8 Å². The number of rotatable bonds is 3. The van der Waals surface area contributed by atoms with Crippen LogP contribution in [0.3, 0.4) is 0 Å². The van der Waals surface area contributed by atoms with E-state index in [1.807, 2.05) is 17.9 Å². The van der Waals surface area contributed by atoms with E-state index in [0.29, 0.717) is 11.6 Å². The van der Waals surface area contributed by atoms with Gasteiger partial charge in [-0.15, -0.1) is 11.3 Å². The van der Waals surface area contributed by atoms with Gasteiger partial charge in [0, 0.05) is 29.6 Å². The first kappa shape index (κ1) is 15.8. The normalized spacial score (nSPS) is 21.3. The van der Waals surface area contributed by atoms with Gasteiger partial charge < -0.3 is 5.32 Å². The highest BCUT2D eigenvalue weighted by Crippen LogP contribution is 2.38. The molecule has 1 amide bonds. The number of hydrogen-bond acceptors (Lipinski definition) is 6. The van der Waals surface area contributed by atoms with Crippen molar-refractivity contribution in [1.82, 2.24) is 14.8 Å². The fourth-order valence-electron chi connectivity index (χ4n) is 3.44. The molecule has 2 aliphatic rings. The second-order valence-electron chi connectivity index (χ2n) is 6.44. The summed E-state index contributed by atoms with van der Waals surface area (Å²) in [6.07, 6.45) is 4.46. The first-order valence-electron chi connectivity index (χ1n) is 7.92. The summed E-state index contributed by atoms with van der Waals surface area (Å²) < 4.78 is 24.8. The summed E-state index contributed by atoms with van der Waals surface area (Å²) in [5.74, 6) is 0.0813. The van der Waals surface area contributed by atoms with Gasteiger partial charge in [0.05, 0.1) is 23.4 Å². The molecule has 0 aromatic carbocycles. The summed E-state index contributed by atoms with van der Waals surface area (Å²) in [6, 6.07) is 0. The molecule has 9 heteroatoms. The number of aryl methyl sites for hydroxylation is 2. The molecule has 1 fully saturated rings. The predicted molar refractivity (Wildman–Crippen MR) is 91.7 cm³/mol. The van der Waals surface area contributed by atoms with E-state index in [1.165, 1.54) is 17.0 Å². The SMILES string of the molecule is Cn1ncc2c1CCc1sc(NC(=O)CC3CCS(=O)(=O)C3)nc1-2. The van der Waals surface area contributed by atoms with Gasteiger partial charge in [-0.2, -0.15) is 5.10 Å². The van der Waals surface area contributed by atoms with Crippen LogP contribution in [0.2, 0.25) is 0 Å². The van der Waals surface area contributed by atoms with Crippen molar-refractivity contribution in [3.63, 3.8) is 0 Å². The number of aromatic nitrogens is 3. The molecule has 2 aromatic rings. The van der Waals surface area contributed by atoms with Gasteiger partial charge in [0.1, 0.15) is 0 Å². The molecule has 0 spiro atoms.